The van der Waals surface area contributed by atoms with Gasteiger partial charge in [0.25, 0.3) is 0 Å². The van der Waals surface area contributed by atoms with Crippen molar-refractivity contribution < 1.29 is 28.6 Å². The molecule has 2 heterocycles. The maximum absolute atomic E-state index is 13.2. The molecule has 166 valence electrons. The highest BCUT2D eigenvalue weighted by atomic mass is 16.6. The average Bonchev–Trinajstić information content (AvgIpc) is 3.07. The number of rotatable bonds is 4. The Morgan fingerprint density at radius 1 is 1.33 bits per heavy atom. The van der Waals surface area contributed by atoms with Gasteiger partial charge in [0, 0.05) is 5.54 Å². The number of aromatic nitrogens is 1. The van der Waals surface area contributed by atoms with Gasteiger partial charge in [-0.25, -0.2) is 14.6 Å². The number of oxazole rings is 1. The predicted octanol–water partition coefficient (Wildman–Crippen LogP) is 3.58. The van der Waals surface area contributed by atoms with Gasteiger partial charge in [-0.15, -0.1) is 0 Å². The lowest BCUT2D eigenvalue weighted by atomic mass is 9.95. The maximum Gasteiger partial charge on any atom is 0.411 e. The molecular weight excluding hydrogens is 390 g/mol. The van der Waals surface area contributed by atoms with E-state index in [0.29, 0.717) is 6.42 Å². The number of carboxylic acids is 1. The minimum Gasteiger partial charge on any atom is -0.476 e. The van der Waals surface area contributed by atoms with Gasteiger partial charge in [0.1, 0.15) is 17.4 Å². The van der Waals surface area contributed by atoms with Crippen molar-refractivity contribution >= 4 is 23.7 Å². The summed E-state index contributed by atoms with van der Waals surface area (Å²) in [6, 6.07) is -0.764. The third-order valence-electron chi connectivity index (χ3n) is 4.93. The first-order valence-corrected chi connectivity index (χ1v) is 9.88. The largest absolute Gasteiger partial charge is 0.476 e. The number of likely N-dealkylation sites (tertiary alicyclic amines) is 1. The van der Waals surface area contributed by atoms with Gasteiger partial charge >= 0.3 is 12.1 Å². The third kappa shape index (κ3) is 4.83. The molecule has 1 aromatic rings. The van der Waals surface area contributed by atoms with Crippen molar-refractivity contribution in [2.75, 3.05) is 0 Å². The number of aromatic carboxylic acids is 1. The van der Waals surface area contributed by atoms with E-state index in [0.717, 1.165) is 0 Å². The lowest BCUT2D eigenvalue weighted by Gasteiger charge is -2.36. The summed E-state index contributed by atoms with van der Waals surface area (Å²) in [7, 11) is 0. The van der Waals surface area contributed by atoms with E-state index in [-0.39, 0.29) is 29.0 Å². The lowest BCUT2D eigenvalue weighted by Crippen LogP contribution is -2.54. The summed E-state index contributed by atoms with van der Waals surface area (Å²) in [5, 5.41) is 11.9. The zero-order valence-electron chi connectivity index (χ0n) is 18.8. The van der Waals surface area contributed by atoms with Gasteiger partial charge in [0.05, 0.1) is 5.70 Å². The lowest BCUT2D eigenvalue weighted by molar-refractivity contribution is -0.126. The number of carbonyl (C=O) groups is 3. The molecule has 0 spiro atoms. The highest BCUT2D eigenvalue weighted by molar-refractivity contribution is 5.93. The van der Waals surface area contributed by atoms with E-state index in [4.69, 9.17) is 9.15 Å². The maximum atomic E-state index is 13.2. The molecule has 1 aliphatic heterocycles. The summed E-state index contributed by atoms with van der Waals surface area (Å²) in [4.78, 5) is 42.8. The van der Waals surface area contributed by atoms with Crippen LogP contribution >= 0.6 is 0 Å². The molecule has 30 heavy (non-hydrogen) atoms. The molecule has 1 fully saturated rings. The normalized spacial score (nSPS) is 21.5. The molecule has 0 saturated carbocycles. The minimum absolute atomic E-state index is 0.00511. The van der Waals surface area contributed by atoms with Crippen molar-refractivity contribution in [3.05, 3.63) is 23.4 Å². The first-order valence-electron chi connectivity index (χ1n) is 9.88. The van der Waals surface area contributed by atoms with Crippen molar-refractivity contribution in [2.24, 2.45) is 5.92 Å². The SMILES string of the molecule is CC=C(NC(=O)[C@@H]1[C@@H](C)CC(C)(C)N1C(=O)OC(C)(C)C)c1nc(C(=O)O)c(C)o1. The van der Waals surface area contributed by atoms with Crippen LogP contribution in [0.15, 0.2) is 10.5 Å². The fourth-order valence-electron chi connectivity index (χ4n) is 3.84. The zero-order chi connectivity index (χ0) is 23.0. The number of carbonyl (C=O) groups excluding carboxylic acids is 2. The Morgan fingerprint density at radius 2 is 1.93 bits per heavy atom. The van der Waals surface area contributed by atoms with Gasteiger partial charge in [-0.05, 0) is 60.8 Å². The highest BCUT2D eigenvalue weighted by Crippen LogP contribution is 2.39. The van der Waals surface area contributed by atoms with Crippen LogP contribution in [0.5, 0.6) is 0 Å². The van der Waals surface area contributed by atoms with Crippen molar-refractivity contribution in [3.63, 3.8) is 0 Å². The predicted molar refractivity (Wildman–Crippen MR) is 110 cm³/mol. The summed E-state index contributed by atoms with van der Waals surface area (Å²) in [5.74, 6) is -1.62. The molecule has 1 saturated heterocycles. The number of amides is 2. The van der Waals surface area contributed by atoms with Gasteiger partial charge in [0.15, 0.2) is 5.69 Å². The Labute approximate surface area is 176 Å². The van der Waals surface area contributed by atoms with E-state index < -0.39 is 35.2 Å². The Bertz CT molecular complexity index is 878. The van der Waals surface area contributed by atoms with Crippen LogP contribution in [-0.4, -0.2) is 50.1 Å². The van der Waals surface area contributed by atoms with Crippen LogP contribution in [0.4, 0.5) is 4.79 Å². The second kappa shape index (κ2) is 8.12. The number of hydrogen-bond acceptors (Lipinski definition) is 6. The van der Waals surface area contributed by atoms with Crippen LogP contribution in [0.25, 0.3) is 5.70 Å². The smallest absolute Gasteiger partial charge is 0.411 e. The third-order valence-corrected chi connectivity index (χ3v) is 4.93. The van der Waals surface area contributed by atoms with E-state index in [1.165, 1.54) is 11.8 Å². The highest BCUT2D eigenvalue weighted by Gasteiger charge is 2.51. The van der Waals surface area contributed by atoms with E-state index >= 15 is 0 Å². The second-order valence-corrected chi connectivity index (χ2v) is 9.21. The van der Waals surface area contributed by atoms with Crippen molar-refractivity contribution in [3.8, 4) is 0 Å². The van der Waals surface area contributed by atoms with Gasteiger partial charge in [0.2, 0.25) is 11.8 Å². The second-order valence-electron chi connectivity index (χ2n) is 9.21. The van der Waals surface area contributed by atoms with Crippen LogP contribution < -0.4 is 5.32 Å². The van der Waals surface area contributed by atoms with Crippen LogP contribution in [0.3, 0.4) is 0 Å². The number of hydrogen-bond donors (Lipinski definition) is 2. The van der Waals surface area contributed by atoms with Gasteiger partial charge < -0.3 is 19.6 Å². The van der Waals surface area contributed by atoms with E-state index in [1.807, 2.05) is 20.8 Å². The first-order chi connectivity index (χ1) is 13.7. The first kappa shape index (κ1) is 23.4. The van der Waals surface area contributed by atoms with Crippen LogP contribution in [0.2, 0.25) is 0 Å². The molecule has 2 N–H and O–H groups in total. The number of nitrogens with one attached hydrogen (secondary N) is 1. The number of allylic oxidation sites excluding steroid dienone is 1. The Balaban J connectivity index is 2.31. The van der Waals surface area contributed by atoms with Crippen molar-refractivity contribution in [1.29, 1.82) is 0 Å². The number of aryl methyl sites for hydroxylation is 1. The standard InChI is InChI=1S/C21H31N3O6/c1-9-13(17-23-14(18(26)27)12(3)29-17)22-16(25)15-11(2)10-21(7,8)24(15)19(28)30-20(4,5)6/h9,11,15H,10H2,1-8H3,(H,22,25)(H,26,27)/t11-,15-/m0/s1. The van der Waals surface area contributed by atoms with E-state index in [2.05, 4.69) is 10.3 Å². The quantitative estimate of drug-likeness (QED) is 0.762. The molecule has 2 amide bonds. The van der Waals surface area contributed by atoms with E-state index in [9.17, 15) is 19.5 Å². The molecule has 2 atom stereocenters. The molecular formula is C21H31N3O6. The molecule has 0 bridgehead atoms. The fraction of sp³-hybridized carbons (Fsp3) is 0.619. The summed E-state index contributed by atoms with van der Waals surface area (Å²) in [5.41, 5.74) is -1.26. The zero-order valence-corrected chi connectivity index (χ0v) is 18.8. The van der Waals surface area contributed by atoms with Gasteiger partial charge in [-0.2, -0.15) is 0 Å². The van der Waals surface area contributed by atoms with Crippen molar-refractivity contribution in [1.82, 2.24) is 15.2 Å². The summed E-state index contributed by atoms with van der Waals surface area (Å²) < 4.78 is 11.0. The van der Waals surface area contributed by atoms with Gasteiger partial charge in [-0.3, -0.25) is 9.69 Å². The molecule has 0 aliphatic carbocycles. The molecule has 0 aromatic carbocycles. The van der Waals surface area contributed by atoms with Crippen LogP contribution in [0, 0.1) is 12.8 Å². The fourth-order valence-corrected chi connectivity index (χ4v) is 3.84. The topological polar surface area (TPSA) is 122 Å². The Hall–Kier alpha value is -2.84. The number of nitrogens with zero attached hydrogens (tertiary/aromatic N) is 2. The average molecular weight is 421 g/mol. The van der Waals surface area contributed by atoms with Crippen LogP contribution in [-0.2, 0) is 9.53 Å². The van der Waals surface area contributed by atoms with Crippen LogP contribution in [0.1, 0.15) is 77.0 Å². The Kier molecular flexibility index (Phi) is 6.34. The van der Waals surface area contributed by atoms with Gasteiger partial charge in [-0.1, -0.05) is 13.0 Å². The number of ether oxygens (including phenoxy) is 1. The molecule has 2 rings (SSSR count). The summed E-state index contributed by atoms with van der Waals surface area (Å²) >= 11 is 0. The Morgan fingerprint density at radius 3 is 2.40 bits per heavy atom. The summed E-state index contributed by atoms with van der Waals surface area (Å²) in [6.07, 6.45) is 1.63. The summed E-state index contributed by atoms with van der Waals surface area (Å²) in [6.45, 7) is 14.2. The molecule has 0 unspecified atom stereocenters. The van der Waals surface area contributed by atoms with Crippen molar-refractivity contribution in [2.45, 2.75) is 79.0 Å². The number of carboxylic acid groups (broad SMARTS) is 1. The monoisotopic (exact) mass is 421 g/mol. The van der Waals surface area contributed by atoms with E-state index in [1.54, 1.807) is 33.8 Å². The molecule has 9 nitrogen and oxygen atoms in total. The minimum atomic E-state index is -1.22. The molecule has 1 aliphatic rings. The molecule has 9 heteroatoms. The molecule has 0 radical (unpaired) electrons. The molecule has 1 aromatic heterocycles.